The first-order chi connectivity index (χ1) is 10.8. The summed E-state index contributed by atoms with van der Waals surface area (Å²) in [5.74, 6) is -0.516. The molecule has 0 spiro atoms. The molecule has 7 nitrogen and oxygen atoms in total. The number of amides is 4. The molecule has 4 N–H and O–H groups in total. The van der Waals surface area contributed by atoms with Crippen molar-refractivity contribution in [3.05, 3.63) is 29.8 Å². The van der Waals surface area contributed by atoms with Crippen LogP contribution in [0.15, 0.2) is 24.3 Å². The zero-order chi connectivity index (χ0) is 17.6. The van der Waals surface area contributed by atoms with Crippen molar-refractivity contribution in [2.75, 3.05) is 19.4 Å². The Morgan fingerprint density at radius 3 is 2.17 bits per heavy atom. The minimum Gasteiger partial charge on any atom is -0.352 e. The van der Waals surface area contributed by atoms with Crippen molar-refractivity contribution in [3.63, 3.8) is 0 Å². The van der Waals surface area contributed by atoms with E-state index in [0.29, 0.717) is 17.7 Å². The van der Waals surface area contributed by atoms with Crippen molar-refractivity contribution in [2.24, 2.45) is 11.7 Å². The fraction of sp³-hybridized carbons (Fsp3) is 0.438. The lowest BCUT2D eigenvalue weighted by molar-refractivity contribution is -0.119. The highest BCUT2D eigenvalue weighted by atomic mass is 16.2. The van der Waals surface area contributed by atoms with E-state index in [-0.39, 0.29) is 17.7 Å². The summed E-state index contributed by atoms with van der Waals surface area (Å²) >= 11 is 0. The summed E-state index contributed by atoms with van der Waals surface area (Å²) in [6.45, 7) is 3.79. The molecule has 4 amide bonds. The van der Waals surface area contributed by atoms with Crippen molar-refractivity contribution in [3.8, 4) is 0 Å². The molecule has 0 aliphatic rings. The molecule has 1 aromatic rings. The lowest BCUT2D eigenvalue weighted by atomic mass is 9.98. The Balaban J connectivity index is 2.82. The minimum atomic E-state index is -0.739. The zero-order valence-corrected chi connectivity index (χ0v) is 13.9. The summed E-state index contributed by atoms with van der Waals surface area (Å²) < 4.78 is 0. The molecule has 0 aliphatic heterocycles. The second-order valence-corrected chi connectivity index (χ2v) is 5.64. The molecule has 0 aliphatic carbocycles. The van der Waals surface area contributed by atoms with Crippen LogP contribution in [0.25, 0.3) is 0 Å². The van der Waals surface area contributed by atoms with Gasteiger partial charge < -0.3 is 21.3 Å². The van der Waals surface area contributed by atoms with Gasteiger partial charge in [0.05, 0.1) is 0 Å². The normalized spacial score (nSPS) is 12.9. The van der Waals surface area contributed by atoms with E-state index in [0.717, 1.165) is 0 Å². The summed E-state index contributed by atoms with van der Waals surface area (Å²) in [4.78, 5) is 36.7. The lowest BCUT2D eigenvalue weighted by Crippen LogP contribution is -2.49. The van der Waals surface area contributed by atoms with Gasteiger partial charge in [-0.3, -0.25) is 9.59 Å². The van der Waals surface area contributed by atoms with Gasteiger partial charge in [-0.05, 0) is 30.2 Å². The van der Waals surface area contributed by atoms with Gasteiger partial charge >= 0.3 is 6.03 Å². The van der Waals surface area contributed by atoms with E-state index in [1.54, 1.807) is 38.4 Å². The number of anilines is 1. The largest absolute Gasteiger partial charge is 0.352 e. The Morgan fingerprint density at radius 2 is 1.74 bits per heavy atom. The molecule has 126 valence electrons. The molecule has 0 fully saturated rings. The van der Waals surface area contributed by atoms with E-state index in [2.05, 4.69) is 10.6 Å². The highest BCUT2D eigenvalue weighted by Crippen LogP contribution is 2.14. The Labute approximate surface area is 136 Å². The fourth-order valence-corrected chi connectivity index (χ4v) is 2.03. The number of carbonyl (C=O) groups excluding carboxylic acids is 3. The van der Waals surface area contributed by atoms with Crippen molar-refractivity contribution in [1.29, 1.82) is 0 Å². The van der Waals surface area contributed by atoms with Crippen LogP contribution in [-0.2, 0) is 4.79 Å². The second kappa shape index (κ2) is 8.17. The molecular weight excluding hydrogens is 296 g/mol. The number of nitrogens with two attached hydrogens (primary N) is 1. The molecule has 1 aromatic carbocycles. The van der Waals surface area contributed by atoms with E-state index < -0.39 is 12.1 Å². The molecule has 0 bridgehead atoms. The lowest BCUT2D eigenvalue weighted by Gasteiger charge is -2.22. The van der Waals surface area contributed by atoms with Crippen molar-refractivity contribution in [1.82, 2.24) is 10.2 Å². The van der Waals surface area contributed by atoms with Gasteiger partial charge in [0.25, 0.3) is 5.91 Å². The summed E-state index contributed by atoms with van der Waals surface area (Å²) in [7, 11) is 3.34. The molecule has 23 heavy (non-hydrogen) atoms. The molecule has 0 saturated carbocycles. The SMILES string of the molecule is CCC(C)C(NC(N)=O)C(=O)Nc1ccc(C(=O)N(C)C)cc1. The standard InChI is InChI=1S/C16H24N4O3/c1-5-10(2)13(19-16(17)23)14(21)18-12-8-6-11(7-9-12)15(22)20(3)4/h6-10,13H,5H2,1-4H3,(H,18,21)(H3,17,19,23). The number of carbonyl (C=O) groups is 3. The van der Waals surface area contributed by atoms with Gasteiger partial charge in [0, 0.05) is 25.3 Å². The van der Waals surface area contributed by atoms with Gasteiger partial charge in [0.15, 0.2) is 0 Å². The van der Waals surface area contributed by atoms with Crippen LogP contribution in [0.3, 0.4) is 0 Å². The summed E-state index contributed by atoms with van der Waals surface area (Å²) in [5.41, 5.74) is 6.20. The quantitative estimate of drug-likeness (QED) is 0.738. The Hall–Kier alpha value is -2.57. The number of rotatable bonds is 6. The topological polar surface area (TPSA) is 105 Å². The predicted octanol–water partition coefficient (Wildman–Crippen LogP) is 1.41. The summed E-state index contributed by atoms with van der Waals surface area (Å²) in [6.07, 6.45) is 0.717. The average molecular weight is 320 g/mol. The van der Waals surface area contributed by atoms with Crippen LogP contribution < -0.4 is 16.4 Å². The molecule has 0 radical (unpaired) electrons. The number of primary amides is 1. The molecule has 1 rings (SSSR count). The maximum absolute atomic E-state index is 12.3. The Bertz CT molecular complexity index is 569. The number of benzene rings is 1. The third-order valence-electron chi connectivity index (χ3n) is 3.60. The number of hydrogen-bond acceptors (Lipinski definition) is 3. The summed E-state index contributed by atoms with van der Waals surface area (Å²) in [5, 5.41) is 5.19. The number of urea groups is 1. The highest BCUT2D eigenvalue weighted by Gasteiger charge is 2.25. The number of nitrogens with one attached hydrogen (secondary N) is 2. The van der Waals surface area contributed by atoms with Crippen molar-refractivity contribution < 1.29 is 14.4 Å². The van der Waals surface area contributed by atoms with E-state index >= 15 is 0 Å². The van der Waals surface area contributed by atoms with Gasteiger partial charge in [0.2, 0.25) is 5.91 Å². The number of nitrogens with zero attached hydrogens (tertiary/aromatic N) is 1. The highest BCUT2D eigenvalue weighted by molar-refractivity contribution is 5.98. The van der Waals surface area contributed by atoms with Crippen LogP contribution in [0.1, 0.15) is 30.6 Å². The van der Waals surface area contributed by atoms with Crippen molar-refractivity contribution >= 4 is 23.5 Å². The Kier molecular flexibility index (Phi) is 6.56. The molecule has 0 aromatic heterocycles. The van der Waals surface area contributed by atoms with Gasteiger partial charge in [-0.2, -0.15) is 0 Å². The molecular formula is C16H24N4O3. The van der Waals surface area contributed by atoms with Crippen LogP contribution in [0, 0.1) is 5.92 Å². The first-order valence-corrected chi connectivity index (χ1v) is 7.44. The van der Waals surface area contributed by atoms with Crippen molar-refractivity contribution in [2.45, 2.75) is 26.3 Å². The van der Waals surface area contributed by atoms with Gasteiger partial charge in [-0.25, -0.2) is 4.79 Å². The molecule has 0 heterocycles. The molecule has 0 saturated heterocycles. The molecule has 7 heteroatoms. The maximum atomic E-state index is 12.3. The third kappa shape index (κ3) is 5.28. The minimum absolute atomic E-state index is 0.0582. The fourth-order valence-electron chi connectivity index (χ4n) is 2.03. The first-order valence-electron chi connectivity index (χ1n) is 7.44. The monoisotopic (exact) mass is 320 g/mol. The number of hydrogen-bond donors (Lipinski definition) is 3. The van der Waals surface area contributed by atoms with Crippen LogP contribution >= 0.6 is 0 Å². The maximum Gasteiger partial charge on any atom is 0.312 e. The van der Waals surface area contributed by atoms with E-state index in [9.17, 15) is 14.4 Å². The molecule has 2 unspecified atom stereocenters. The van der Waals surface area contributed by atoms with E-state index in [4.69, 9.17) is 5.73 Å². The van der Waals surface area contributed by atoms with Crippen LogP contribution in [0.4, 0.5) is 10.5 Å². The zero-order valence-electron chi connectivity index (χ0n) is 13.9. The van der Waals surface area contributed by atoms with Crippen LogP contribution in [0.2, 0.25) is 0 Å². The molecule has 2 atom stereocenters. The smallest absolute Gasteiger partial charge is 0.312 e. The predicted molar refractivity (Wildman–Crippen MR) is 89.1 cm³/mol. The van der Waals surface area contributed by atoms with Crippen LogP contribution in [-0.4, -0.2) is 42.9 Å². The van der Waals surface area contributed by atoms with E-state index in [1.165, 1.54) is 4.90 Å². The average Bonchev–Trinajstić information content (AvgIpc) is 2.51. The third-order valence-corrected chi connectivity index (χ3v) is 3.60. The van der Waals surface area contributed by atoms with Gasteiger partial charge in [-0.15, -0.1) is 0 Å². The summed E-state index contributed by atoms with van der Waals surface area (Å²) in [6, 6.07) is 5.12. The van der Waals surface area contributed by atoms with Gasteiger partial charge in [-0.1, -0.05) is 20.3 Å². The Morgan fingerprint density at radius 1 is 1.17 bits per heavy atom. The second-order valence-electron chi connectivity index (χ2n) is 5.64. The first kappa shape index (κ1) is 18.5. The van der Waals surface area contributed by atoms with E-state index in [1.807, 2.05) is 13.8 Å². The van der Waals surface area contributed by atoms with Gasteiger partial charge in [0.1, 0.15) is 6.04 Å². The van der Waals surface area contributed by atoms with Crippen LogP contribution in [0.5, 0.6) is 0 Å².